The molecular formula is C5H9N3S. The summed E-state index contributed by atoms with van der Waals surface area (Å²) in [7, 11) is 0. The Kier molecular flexibility index (Phi) is 2.10. The molecule has 0 N–H and O–H groups in total. The molecule has 1 heterocycles. The smallest absolute Gasteiger partial charge is 0.122 e. The number of rotatable bonds is 2. The van der Waals surface area contributed by atoms with Crippen molar-refractivity contribution in [1.29, 1.82) is 0 Å². The third-order valence-electron chi connectivity index (χ3n) is 0.922. The Balaban J connectivity index is 2.48. The van der Waals surface area contributed by atoms with E-state index in [9.17, 15) is 0 Å². The van der Waals surface area contributed by atoms with Gasteiger partial charge in [-0.2, -0.15) is 0 Å². The van der Waals surface area contributed by atoms with Crippen LogP contribution in [-0.4, -0.2) is 14.8 Å². The van der Waals surface area contributed by atoms with Crippen LogP contribution in [0.5, 0.6) is 0 Å². The van der Waals surface area contributed by atoms with Crippen LogP contribution in [0.1, 0.15) is 18.9 Å². The van der Waals surface area contributed by atoms with Gasteiger partial charge >= 0.3 is 0 Å². The SMILES string of the molecule is CC(C)Cc1nnns1. The first kappa shape index (κ1) is 6.61. The van der Waals surface area contributed by atoms with Gasteiger partial charge in [-0.15, -0.1) is 5.10 Å². The van der Waals surface area contributed by atoms with Crippen LogP contribution in [0.25, 0.3) is 0 Å². The molecular weight excluding hydrogens is 134 g/mol. The first-order chi connectivity index (χ1) is 4.29. The molecule has 0 amide bonds. The lowest BCUT2D eigenvalue weighted by atomic mass is 10.1. The van der Waals surface area contributed by atoms with E-state index in [2.05, 4.69) is 28.6 Å². The van der Waals surface area contributed by atoms with E-state index >= 15 is 0 Å². The summed E-state index contributed by atoms with van der Waals surface area (Å²) in [6.45, 7) is 4.31. The third-order valence-corrected chi connectivity index (χ3v) is 1.54. The van der Waals surface area contributed by atoms with Gasteiger partial charge in [-0.3, -0.25) is 0 Å². The molecule has 4 heteroatoms. The van der Waals surface area contributed by atoms with Crippen molar-refractivity contribution in [2.24, 2.45) is 5.92 Å². The van der Waals surface area contributed by atoms with Crippen molar-refractivity contribution in [3.8, 4) is 0 Å². The summed E-state index contributed by atoms with van der Waals surface area (Å²) in [5.41, 5.74) is 0. The summed E-state index contributed by atoms with van der Waals surface area (Å²) >= 11 is 1.38. The second kappa shape index (κ2) is 2.87. The van der Waals surface area contributed by atoms with E-state index in [1.807, 2.05) is 0 Å². The van der Waals surface area contributed by atoms with Crippen LogP contribution < -0.4 is 0 Å². The van der Waals surface area contributed by atoms with Gasteiger partial charge in [-0.05, 0) is 11.1 Å². The van der Waals surface area contributed by atoms with Crippen molar-refractivity contribution >= 4 is 11.5 Å². The Morgan fingerprint density at radius 1 is 1.56 bits per heavy atom. The molecule has 0 saturated heterocycles. The maximum atomic E-state index is 3.81. The molecule has 0 aliphatic carbocycles. The van der Waals surface area contributed by atoms with Crippen molar-refractivity contribution in [1.82, 2.24) is 14.8 Å². The molecule has 0 saturated carbocycles. The van der Waals surface area contributed by atoms with Gasteiger partial charge in [0.05, 0.1) is 0 Å². The summed E-state index contributed by atoms with van der Waals surface area (Å²) in [4.78, 5) is 0. The minimum atomic E-state index is 0.653. The molecule has 0 bridgehead atoms. The fourth-order valence-electron chi connectivity index (χ4n) is 0.579. The Labute approximate surface area is 58.3 Å². The second-order valence-corrected chi connectivity index (χ2v) is 3.17. The molecule has 0 spiro atoms. The summed E-state index contributed by atoms with van der Waals surface area (Å²) < 4.78 is 3.66. The fraction of sp³-hybridized carbons (Fsp3) is 0.800. The van der Waals surface area contributed by atoms with E-state index in [4.69, 9.17) is 0 Å². The number of hydrogen-bond donors (Lipinski definition) is 0. The maximum absolute atomic E-state index is 3.81. The Bertz CT molecular complexity index is 159. The van der Waals surface area contributed by atoms with E-state index in [0.29, 0.717) is 5.92 Å². The first-order valence-electron chi connectivity index (χ1n) is 2.93. The van der Waals surface area contributed by atoms with Gasteiger partial charge < -0.3 is 0 Å². The maximum Gasteiger partial charge on any atom is 0.138 e. The van der Waals surface area contributed by atoms with Crippen LogP contribution in [0.2, 0.25) is 0 Å². The molecule has 3 nitrogen and oxygen atoms in total. The van der Waals surface area contributed by atoms with Gasteiger partial charge in [0.1, 0.15) is 5.01 Å². The lowest BCUT2D eigenvalue weighted by molar-refractivity contribution is 0.638. The van der Waals surface area contributed by atoms with E-state index in [1.54, 1.807) is 0 Å². The van der Waals surface area contributed by atoms with Crippen LogP contribution in [0.15, 0.2) is 0 Å². The van der Waals surface area contributed by atoms with Crippen LogP contribution >= 0.6 is 11.5 Å². The zero-order valence-electron chi connectivity index (χ0n) is 5.53. The number of aromatic nitrogens is 3. The minimum absolute atomic E-state index is 0.653. The predicted molar refractivity (Wildman–Crippen MR) is 36.2 cm³/mol. The molecule has 1 aromatic heterocycles. The summed E-state index contributed by atoms with van der Waals surface area (Å²) in [6, 6.07) is 0. The van der Waals surface area contributed by atoms with Crippen molar-refractivity contribution in [2.75, 3.05) is 0 Å². The Morgan fingerprint density at radius 3 is 2.78 bits per heavy atom. The number of nitrogens with zero attached hydrogens (tertiary/aromatic N) is 3. The largest absolute Gasteiger partial charge is 0.138 e. The second-order valence-electron chi connectivity index (χ2n) is 2.35. The fourth-order valence-corrected chi connectivity index (χ4v) is 1.23. The molecule has 0 fully saturated rings. The molecule has 0 atom stereocenters. The molecule has 1 aromatic rings. The van der Waals surface area contributed by atoms with Crippen molar-refractivity contribution in [2.45, 2.75) is 20.3 Å². The van der Waals surface area contributed by atoms with E-state index in [-0.39, 0.29) is 0 Å². The molecule has 0 aliphatic rings. The molecule has 0 unspecified atom stereocenters. The van der Waals surface area contributed by atoms with Gasteiger partial charge in [-0.1, -0.05) is 18.3 Å². The standard InChI is InChI=1S/C5H9N3S/c1-4(2)3-5-6-7-8-9-5/h4H,3H2,1-2H3. The quantitative estimate of drug-likeness (QED) is 0.623. The van der Waals surface area contributed by atoms with Crippen LogP contribution in [0, 0.1) is 5.92 Å². The van der Waals surface area contributed by atoms with Crippen molar-refractivity contribution in [3.63, 3.8) is 0 Å². The van der Waals surface area contributed by atoms with Gasteiger partial charge in [0.15, 0.2) is 0 Å². The molecule has 0 radical (unpaired) electrons. The third kappa shape index (κ3) is 2.05. The number of hydrogen-bond acceptors (Lipinski definition) is 4. The lowest BCUT2D eigenvalue weighted by Gasteiger charge is -1.95. The molecule has 0 aromatic carbocycles. The minimum Gasteiger partial charge on any atom is -0.122 e. The molecule has 1 rings (SSSR count). The Hall–Kier alpha value is -0.510. The topological polar surface area (TPSA) is 38.7 Å². The van der Waals surface area contributed by atoms with Gasteiger partial charge in [-0.25, -0.2) is 0 Å². The molecule has 50 valence electrons. The van der Waals surface area contributed by atoms with Crippen molar-refractivity contribution < 1.29 is 0 Å². The zero-order valence-corrected chi connectivity index (χ0v) is 6.35. The average molecular weight is 143 g/mol. The summed E-state index contributed by atoms with van der Waals surface area (Å²) in [5.74, 6) is 0.653. The first-order valence-corrected chi connectivity index (χ1v) is 3.70. The van der Waals surface area contributed by atoms with Crippen molar-refractivity contribution in [3.05, 3.63) is 5.01 Å². The highest BCUT2D eigenvalue weighted by Crippen LogP contribution is 2.05. The van der Waals surface area contributed by atoms with Crippen LogP contribution in [0.3, 0.4) is 0 Å². The van der Waals surface area contributed by atoms with Crippen LogP contribution in [0.4, 0.5) is 0 Å². The molecule has 9 heavy (non-hydrogen) atoms. The monoisotopic (exact) mass is 143 g/mol. The Morgan fingerprint density at radius 2 is 2.33 bits per heavy atom. The molecule has 0 aliphatic heterocycles. The van der Waals surface area contributed by atoms with Gasteiger partial charge in [0, 0.05) is 18.0 Å². The lowest BCUT2D eigenvalue weighted by Crippen LogP contribution is -1.92. The highest BCUT2D eigenvalue weighted by atomic mass is 32.1. The predicted octanol–water partition coefficient (Wildman–Crippen LogP) is 1.13. The zero-order chi connectivity index (χ0) is 6.69. The highest BCUT2D eigenvalue weighted by molar-refractivity contribution is 7.05. The normalized spacial score (nSPS) is 10.6. The van der Waals surface area contributed by atoms with Gasteiger partial charge in [0.25, 0.3) is 0 Å². The summed E-state index contributed by atoms with van der Waals surface area (Å²) in [5, 5.41) is 8.34. The summed E-state index contributed by atoms with van der Waals surface area (Å²) in [6.07, 6.45) is 0.998. The van der Waals surface area contributed by atoms with Gasteiger partial charge in [0.2, 0.25) is 0 Å². The highest BCUT2D eigenvalue weighted by Gasteiger charge is 1.99. The van der Waals surface area contributed by atoms with E-state index < -0.39 is 0 Å². The van der Waals surface area contributed by atoms with E-state index in [0.717, 1.165) is 11.4 Å². The average Bonchev–Trinajstić information content (AvgIpc) is 2.15. The van der Waals surface area contributed by atoms with Crippen LogP contribution in [-0.2, 0) is 6.42 Å². The van der Waals surface area contributed by atoms with E-state index in [1.165, 1.54) is 11.5 Å².